The SMILES string of the molecule is C1=CC2c3ccc(-c4ccc5c6ccccc6n(-c6ccc(-c7ccc8oc9ccccc9c8c7)cc6)c5c4)cc3N(c3ccc(-c4ccc5oc6ccccc6c5c4)cc3)C2C=C1. The smallest absolute Gasteiger partial charge is 0.135 e. The fourth-order valence-corrected chi connectivity index (χ4v) is 10.7. The van der Waals surface area contributed by atoms with Crippen molar-refractivity contribution in [3.05, 3.63) is 224 Å². The molecule has 2 atom stereocenters. The highest BCUT2D eigenvalue weighted by Gasteiger charge is 2.37. The van der Waals surface area contributed by atoms with Crippen LogP contribution in [0, 0.1) is 0 Å². The predicted molar refractivity (Wildman–Crippen MR) is 265 cm³/mol. The molecular formula is C60H38N2O2. The number of fused-ring (bicyclic) bond motifs is 12. The Morgan fingerprint density at radius 1 is 0.344 bits per heavy atom. The first kappa shape index (κ1) is 35.3. The van der Waals surface area contributed by atoms with Crippen LogP contribution in [0.2, 0.25) is 0 Å². The zero-order valence-electron chi connectivity index (χ0n) is 34.7. The molecule has 0 radical (unpaired) electrons. The second-order valence-corrected chi connectivity index (χ2v) is 17.2. The van der Waals surface area contributed by atoms with Crippen LogP contribution in [-0.2, 0) is 0 Å². The number of hydrogen-bond donors (Lipinski definition) is 0. The Morgan fingerprint density at radius 2 is 0.844 bits per heavy atom. The van der Waals surface area contributed by atoms with Gasteiger partial charge in [0.05, 0.1) is 17.1 Å². The van der Waals surface area contributed by atoms with Crippen LogP contribution in [0.3, 0.4) is 0 Å². The van der Waals surface area contributed by atoms with Gasteiger partial charge in [0.2, 0.25) is 0 Å². The molecule has 4 heteroatoms. The summed E-state index contributed by atoms with van der Waals surface area (Å²) in [7, 11) is 0. The van der Waals surface area contributed by atoms with E-state index in [-0.39, 0.29) is 12.0 Å². The molecular weight excluding hydrogens is 781 g/mol. The molecule has 3 aromatic heterocycles. The van der Waals surface area contributed by atoms with Crippen LogP contribution >= 0.6 is 0 Å². The van der Waals surface area contributed by atoms with Gasteiger partial charge in [-0.2, -0.15) is 0 Å². The summed E-state index contributed by atoms with van der Waals surface area (Å²) in [5.74, 6) is 0.277. The number of rotatable bonds is 5. The molecule has 2 unspecified atom stereocenters. The summed E-state index contributed by atoms with van der Waals surface area (Å²) < 4.78 is 14.7. The van der Waals surface area contributed by atoms with E-state index in [1.165, 1.54) is 72.1 Å². The Balaban J connectivity index is 0.836. The maximum absolute atomic E-state index is 6.13. The third-order valence-corrected chi connectivity index (χ3v) is 13.8. The first-order chi connectivity index (χ1) is 31.7. The molecule has 0 saturated carbocycles. The fourth-order valence-electron chi connectivity index (χ4n) is 10.7. The van der Waals surface area contributed by atoms with Crippen LogP contribution in [0.15, 0.2) is 227 Å². The molecule has 1 aliphatic heterocycles. The molecule has 1 aliphatic carbocycles. The number of aromatic nitrogens is 1. The van der Waals surface area contributed by atoms with E-state index in [0.717, 1.165) is 49.6 Å². The van der Waals surface area contributed by atoms with Crippen molar-refractivity contribution in [3.8, 4) is 39.1 Å². The Morgan fingerprint density at radius 3 is 1.53 bits per heavy atom. The van der Waals surface area contributed by atoms with Crippen LogP contribution in [0.25, 0.3) is 105 Å². The van der Waals surface area contributed by atoms with Crippen molar-refractivity contribution in [1.82, 2.24) is 4.57 Å². The third kappa shape index (κ3) is 5.29. The van der Waals surface area contributed by atoms with Gasteiger partial charge >= 0.3 is 0 Å². The normalized spacial score (nSPS) is 15.7. The lowest BCUT2D eigenvalue weighted by atomic mass is 9.90. The molecule has 4 nitrogen and oxygen atoms in total. The number of furan rings is 2. The second kappa shape index (κ2) is 13.6. The van der Waals surface area contributed by atoms with E-state index in [9.17, 15) is 0 Å². The highest BCUT2D eigenvalue weighted by molar-refractivity contribution is 6.11. The van der Waals surface area contributed by atoms with Gasteiger partial charge in [-0.1, -0.05) is 140 Å². The largest absolute Gasteiger partial charge is 0.456 e. The van der Waals surface area contributed by atoms with Gasteiger partial charge in [0.1, 0.15) is 22.3 Å². The second-order valence-electron chi connectivity index (χ2n) is 17.2. The Bertz CT molecular complexity index is 3920. The topological polar surface area (TPSA) is 34.5 Å². The molecule has 0 amide bonds. The molecule has 0 spiro atoms. The summed E-state index contributed by atoms with van der Waals surface area (Å²) in [6.45, 7) is 0. The van der Waals surface area contributed by atoms with Crippen molar-refractivity contribution >= 4 is 77.1 Å². The molecule has 0 fully saturated rings. The van der Waals surface area contributed by atoms with Crippen molar-refractivity contribution in [3.63, 3.8) is 0 Å². The Hall–Kier alpha value is -8.34. The monoisotopic (exact) mass is 818 g/mol. The Labute approximate surface area is 368 Å². The predicted octanol–water partition coefficient (Wildman–Crippen LogP) is 16.3. The lowest BCUT2D eigenvalue weighted by Crippen LogP contribution is -2.28. The number of nitrogens with zero attached hydrogens (tertiary/aromatic N) is 2. The number of hydrogen-bond acceptors (Lipinski definition) is 3. The zero-order valence-corrected chi connectivity index (χ0v) is 34.7. The summed E-state index contributed by atoms with van der Waals surface area (Å²) in [4.78, 5) is 2.53. The summed E-state index contributed by atoms with van der Waals surface area (Å²) in [6.07, 6.45) is 9.10. The number of para-hydroxylation sites is 3. The highest BCUT2D eigenvalue weighted by atomic mass is 16.3. The minimum absolute atomic E-state index is 0.198. The van der Waals surface area contributed by atoms with Crippen molar-refractivity contribution in [2.24, 2.45) is 0 Å². The van der Waals surface area contributed by atoms with Gasteiger partial charge in [0.15, 0.2) is 0 Å². The van der Waals surface area contributed by atoms with Gasteiger partial charge in [-0.3, -0.25) is 0 Å². The average molecular weight is 819 g/mol. The minimum atomic E-state index is 0.198. The van der Waals surface area contributed by atoms with Crippen LogP contribution in [-0.4, -0.2) is 10.6 Å². The van der Waals surface area contributed by atoms with Crippen molar-refractivity contribution in [1.29, 1.82) is 0 Å². The van der Waals surface area contributed by atoms with Gasteiger partial charge in [-0.05, 0) is 118 Å². The van der Waals surface area contributed by atoms with Crippen molar-refractivity contribution < 1.29 is 8.83 Å². The number of allylic oxidation sites excluding steroid dienone is 2. The molecule has 9 aromatic carbocycles. The third-order valence-electron chi connectivity index (χ3n) is 13.8. The Kier molecular flexibility index (Phi) is 7.48. The first-order valence-electron chi connectivity index (χ1n) is 22.1. The van der Waals surface area contributed by atoms with Crippen LogP contribution < -0.4 is 4.90 Å². The molecule has 4 heterocycles. The number of benzene rings is 9. The standard InChI is InChI=1S/C60H38N2O2/c1-5-13-53-45(9-1)47-29-21-41(35-55(47)61(53)43-25-17-37(18-26-43)39-23-31-59-51(33-39)49-11-3-7-15-57(49)63-59)42-22-30-48-46-10-2-6-14-54(46)62(56(48)36-42)44-27-19-38(20-28-44)40-24-32-60-52(34-40)50-12-4-8-16-58(50)64-60/h1-36,45,53H. The van der Waals surface area contributed by atoms with E-state index < -0.39 is 0 Å². The maximum Gasteiger partial charge on any atom is 0.135 e. The van der Waals surface area contributed by atoms with E-state index in [4.69, 9.17) is 8.83 Å². The van der Waals surface area contributed by atoms with E-state index >= 15 is 0 Å². The maximum atomic E-state index is 6.13. The van der Waals surface area contributed by atoms with E-state index in [1.807, 2.05) is 24.3 Å². The molecule has 64 heavy (non-hydrogen) atoms. The summed E-state index contributed by atoms with van der Waals surface area (Å²) in [5.41, 5.74) is 18.0. The van der Waals surface area contributed by atoms with E-state index in [2.05, 4.69) is 204 Å². The van der Waals surface area contributed by atoms with Gasteiger partial charge in [-0.15, -0.1) is 0 Å². The molecule has 12 aromatic rings. The molecule has 0 saturated heterocycles. The van der Waals surface area contributed by atoms with Crippen LogP contribution in [0.1, 0.15) is 11.5 Å². The summed E-state index contributed by atoms with van der Waals surface area (Å²) in [6, 6.07) is 70.6. The zero-order chi connectivity index (χ0) is 41.9. The van der Waals surface area contributed by atoms with E-state index in [0.29, 0.717) is 0 Å². The van der Waals surface area contributed by atoms with Crippen molar-refractivity contribution in [2.45, 2.75) is 12.0 Å². The lowest BCUT2D eigenvalue weighted by molar-refractivity contribution is 0.668. The van der Waals surface area contributed by atoms with Crippen LogP contribution in [0.4, 0.5) is 11.4 Å². The fraction of sp³-hybridized carbons (Fsp3) is 0.0333. The molecule has 300 valence electrons. The van der Waals surface area contributed by atoms with E-state index in [1.54, 1.807) is 0 Å². The highest BCUT2D eigenvalue weighted by Crippen LogP contribution is 2.49. The summed E-state index contributed by atoms with van der Waals surface area (Å²) >= 11 is 0. The molecule has 14 rings (SSSR count). The van der Waals surface area contributed by atoms with Gasteiger partial charge in [-0.25, -0.2) is 0 Å². The summed E-state index contributed by atoms with van der Waals surface area (Å²) in [5, 5.41) is 7.06. The van der Waals surface area contributed by atoms with Crippen LogP contribution in [0.5, 0.6) is 0 Å². The minimum Gasteiger partial charge on any atom is -0.456 e. The molecule has 0 N–H and O–H groups in total. The quantitative estimate of drug-likeness (QED) is 0.173. The first-order valence-corrected chi connectivity index (χ1v) is 22.1. The average Bonchev–Trinajstić information content (AvgIpc) is 4.11. The molecule has 2 aliphatic rings. The van der Waals surface area contributed by atoms with Gasteiger partial charge < -0.3 is 18.3 Å². The van der Waals surface area contributed by atoms with Crippen molar-refractivity contribution in [2.75, 3.05) is 4.90 Å². The van der Waals surface area contributed by atoms with Gasteiger partial charge in [0.25, 0.3) is 0 Å². The number of anilines is 2. The lowest BCUT2D eigenvalue weighted by Gasteiger charge is -2.29. The van der Waals surface area contributed by atoms with Gasteiger partial charge in [0, 0.05) is 55.3 Å². The molecule has 0 bridgehead atoms.